The molecule has 5 aromatic carbocycles. The summed E-state index contributed by atoms with van der Waals surface area (Å²) in [5.41, 5.74) is 6.03. The molecule has 0 atom stereocenters. The predicted molar refractivity (Wildman–Crippen MR) is 143 cm³/mol. The van der Waals surface area contributed by atoms with Crippen molar-refractivity contribution in [2.75, 3.05) is 0 Å². The van der Waals surface area contributed by atoms with Crippen LogP contribution in [0.5, 0.6) is 0 Å². The van der Waals surface area contributed by atoms with E-state index < -0.39 is 0 Å². The Morgan fingerprint density at radius 1 is 0.545 bits per heavy atom. The zero-order valence-corrected chi connectivity index (χ0v) is 18.6. The lowest BCUT2D eigenvalue weighted by Crippen LogP contribution is -1.87. The molecule has 0 radical (unpaired) electrons. The van der Waals surface area contributed by atoms with Gasteiger partial charge in [-0.1, -0.05) is 91.0 Å². The van der Waals surface area contributed by atoms with E-state index in [-0.39, 0.29) is 0 Å². The highest BCUT2D eigenvalue weighted by molar-refractivity contribution is 7.26. The molecule has 0 aliphatic rings. The Labute approximate surface area is 195 Å². The first-order chi connectivity index (χ1) is 16.4. The van der Waals surface area contributed by atoms with E-state index in [1.54, 1.807) is 0 Å². The van der Waals surface area contributed by atoms with Gasteiger partial charge in [0.25, 0.3) is 0 Å². The fourth-order valence-corrected chi connectivity index (χ4v) is 6.22. The van der Waals surface area contributed by atoms with Crippen LogP contribution in [-0.2, 0) is 0 Å². The van der Waals surface area contributed by atoms with E-state index in [2.05, 4.69) is 103 Å². The maximum atomic E-state index is 4.74. The van der Waals surface area contributed by atoms with Gasteiger partial charge < -0.3 is 0 Å². The minimum atomic E-state index is 1.06. The zero-order chi connectivity index (χ0) is 21.8. The normalized spacial score (nSPS) is 11.6. The highest BCUT2D eigenvalue weighted by Crippen LogP contribution is 2.41. The molecule has 0 unspecified atom stereocenters. The minimum absolute atomic E-state index is 1.06. The second-order valence-corrected chi connectivity index (χ2v) is 9.46. The molecule has 0 aliphatic heterocycles. The molecule has 2 heteroatoms. The molecule has 0 spiro atoms. The molecule has 0 amide bonds. The number of nitrogens with zero attached hydrogens (tertiary/aromatic N) is 1. The van der Waals surface area contributed by atoms with Crippen LogP contribution < -0.4 is 0 Å². The van der Waals surface area contributed by atoms with Gasteiger partial charge in [0.05, 0.1) is 5.52 Å². The second-order valence-electron chi connectivity index (χ2n) is 8.41. The molecule has 0 bridgehead atoms. The summed E-state index contributed by atoms with van der Waals surface area (Å²) in [5, 5.41) is 6.27. The van der Waals surface area contributed by atoms with E-state index in [0.29, 0.717) is 0 Å². The van der Waals surface area contributed by atoms with E-state index in [4.69, 9.17) is 4.98 Å². The number of rotatable bonds is 2. The Morgan fingerprint density at radius 3 is 2.24 bits per heavy atom. The first-order valence-corrected chi connectivity index (χ1v) is 12.0. The molecule has 0 fully saturated rings. The minimum Gasteiger partial charge on any atom is -0.256 e. The van der Waals surface area contributed by atoms with E-state index >= 15 is 0 Å². The number of hydrogen-bond donors (Lipinski definition) is 0. The Kier molecular flexibility index (Phi) is 4.08. The van der Waals surface area contributed by atoms with Crippen LogP contribution in [0.25, 0.3) is 64.1 Å². The quantitative estimate of drug-likeness (QED) is 0.246. The van der Waals surface area contributed by atoms with Gasteiger partial charge >= 0.3 is 0 Å². The van der Waals surface area contributed by atoms with Crippen LogP contribution in [0.4, 0.5) is 0 Å². The van der Waals surface area contributed by atoms with Crippen molar-refractivity contribution < 1.29 is 0 Å². The number of thiophene rings is 1. The van der Waals surface area contributed by atoms with Crippen molar-refractivity contribution in [3.8, 4) is 22.3 Å². The summed E-state index contributed by atoms with van der Waals surface area (Å²) >= 11 is 1.88. The fourth-order valence-electron chi connectivity index (χ4n) is 4.98. The molecule has 2 aromatic heterocycles. The van der Waals surface area contributed by atoms with E-state index in [1.807, 2.05) is 23.6 Å². The first kappa shape index (κ1) is 18.6. The summed E-state index contributed by atoms with van der Waals surface area (Å²) in [6, 6.07) is 39.3. The number of fused-ring (bicyclic) bond motifs is 6. The topological polar surface area (TPSA) is 12.9 Å². The van der Waals surface area contributed by atoms with Crippen LogP contribution in [0.1, 0.15) is 0 Å². The SMILES string of the molecule is c1cc(-c2cccc3c2sc2ccccc23)cc(-c2cccc3ccc4cccnc4c23)c1. The average molecular weight is 438 g/mol. The van der Waals surface area contributed by atoms with Crippen molar-refractivity contribution in [3.63, 3.8) is 0 Å². The van der Waals surface area contributed by atoms with Gasteiger partial charge in [-0.2, -0.15) is 0 Å². The molecule has 0 saturated heterocycles. The molecule has 0 aliphatic carbocycles. The van der Waals surface area contributed by atoms with Crippen LogP contribution in [0.15, 0.2) is 115 Å². The van der Waals surface area contributed by atoms with Gasteiger partial charge in [-0.15, -0.1) is 11.3 Å². The Morgan fingerprint density at radius 2 is 1.27 bits per heavy atom. The molecule has 0 N–H and O–H groups in total. The summed E-state index contributed by atoms with van der Waals surface area (Å²) in [7, 11) is 0. The smallest absolute Gasteiger partial charge is 0.0786 e. The lowest BCUT2D eigenvalue weighted by atomic mass is 9.93. The number of hydrogen-bond acceptors (Lipinski definition) is 2. The lowest BCUT2D eigenvalue weighted by Gasteiger charge is -2.11. The molecular formula is C31H19NS. The maximum absolute atomic E-state index is 4.74. The summed E-state index contributed by atoms with van der Waals surface area (Å²) in [4.78, 5) is 4.74. The van der Waals surface area contributed by atoms with Crippen molar-refractivity contribution in [1.29, 1.82) is 0 Å². The van der Waals surface area contributed by atoms with Gasteiger partial charge in [0, 0.05) is 37.1 Å². The molecule has 0 saturated carbocycles. The zero-order valence-electron chi connectivity index (χ0n) is 17.8. The highest BCUT2D eigenvalue weighted by atomic mass is 32.1. The second kappa shape index (κ2) is 7.26. The average Bonchev–Trinajstić information content (AvgIpc) is 3.27. The van der Waals surface area contributed by atoms with Gasteiger partial charge in [-0.05, 0) is 45.8 Å². The molecule has 7 rings (SSSR count). The molecule has 33 heavy (non-hydrogen) atoms. The Bertz CT molecular complexity index is 1830. The van der Waals surface area contributed by atoms with Gasteiger partial charge in [-0.25, -0.2) is 0 Å². The molecule has 154 valence electrons. The van der Waals surface area contributed by atoms with Crippen LogP contribution >= 0.6 is 11.3 Å². The van der Waals surface area contributed by atoms with E-state index in [1.165, 1.54) is 58.6 Å². The monoisotopic (exact) mass is 437 g/mol. The van der Waals surface area contributed by atoms with Crippen molar-refractivity contribution in [2.45, 2.75) is 0 Å². The van der Waals surface area contributed by atoms with E-state index in [0.717, 1.165) is 5.52 Å². The summed E-state index contributed by atoms with van der Waals surface area (Å²) in [5.74, 6) is 0. The fraction of sp³-hybridized carbons (Fsp3) is 0. The van der Waals surface area contributed by atoms with Gasteiger partial charge in [0.15, 0.2) is 0 Å². The van der Waals surface area contributed by atoms with Gasteiger partial charge in [0.1, 0.15) is 0 Å². The Hall–Kier alpha value is -4.01. The predicted octanol–water partition coefficient (Wildman–Crippen LogP) is 9.09. The molecular weight excluding hydrogens is 418 g/mol. The summed E-state index contributed by atoms with van der Waals surface area (Å²) in [6.45, 7) is 0. The molecule has 1 nitrogen and oxygen atoms in total. The standard InChI is InChI=1S/C31H19NS/c1-2-15-28-26(11-1)27-14-5-13-25(31(27)33-28)23-9-3-8-22(19-23)24-12-4-7-20-16-17-21-10-6-18-32-30(21)29(20)24/h1-19H. The maximum Gasteiger partial charge on any atom is 0.0786 e. The number of pyridine rings is 1. The van der Waals surface area contributed by atoms with E-state index in [9.17, 15) is 0 Å². The van der Waals surface area contributed by atoms with Crippen molar-refractivity contribution in [2.24, 2.45) is 0 Å². The van der Waals surface area contributed by atoms with Crippen LogP contribution in [0, 0.1) is 0 Å². The van der Waals surface area contributed by atoms with Crippen molar-refractivity contribution in [1.82, 2.24) is 4.98 Å². The van der Waals surface area contributed by atoms with Crippen LogP contribution in [-0.4, -0.2) is 4.98 Å². The molecule has 2 heterocycles. The third-order valence-electron chi connectivity index (χ3n) is 6.50. The summed E-state index contributed by atoms with van der Waals surface area (Å²) in [6.07, 6.45) is 1.89. The van der Waals surface area contributed by atoms with Gasteiger partial charge in [-0.3, -0.25) is 4.98 Å². The highest BCUT2D eigenvalue weighted by Gasteiger charge is 2.12. The lowest BCUT2D eigenvalue weighted by molar-refractivity contribution is 1.43. The van der Waals surface area contributed by atoms with Crippen LogP contribution in [0.3, 0.4) is 0 Å². The molecule has 7 aromatic rings. The Balaban J connectivity index is 1.48. The van der Waals surface area contributed by atoms with Crippen LogP contribution in [0.2, 0.25) is 0 Å². The third-order valence-corrected chi connectivity index (χ3v) is 7.72. The largest absolute Gasteiger partial charge is 0.256 e. The summed E-state index contributed by atoms with van der Waals surface area (Å²) < 4.78 is 2.68. The number of benzene rings is 5. The first-order valence-electron chi connectivity index (χ1n) is 11.1. The van der Waals surface area contributed by atoms with Crippen molar-refractivity contribution in [3.05, 3.63) is 115 Å². The third kappa shape index (κ3) is 2.88. The van der Waals surface area contributed by atoms with Gasteiger partial charge in [0.2, 0.25) is 0 Å². The number of aromatic nitrogens is 1. The van der Waals surface area contributed by atoms with Crippen molar-refractivity contribution >= 4 is 53.2 Å².